The smallest absolute Gasteiger partial charge is 0.319 e. The van der Waals surface area contributed by atoms with Crippen molar-refractivity contribution in [1.82, 2.24) is 19.9 Å². The number of pyridine rings is 1. The molecule has 0 unspecified atom stereocenters. The third kappa shape index (κ3) is 4.78. The van der Waals surface area contributed by atoms with Crippen LogP contribution in [0.15, 0.2) is 42.4 Å². The molecule has 2 aromatic heterocycles. The number of phenols is 1. The minimum atomic E-state index is -0.951. The highest BCUT2D eigenvalue weighted by atomic mass is 19.1. The summed E-state index contributed by atoms with van der Waals surface area (Å²) in [6, 6.07) is 5.23. The molecule has 226 valence electrons. The van der Waals surface area contributed by atoms with E-state index in [4.69, 9.17) is 11.2 Å². The molecule has 0 bridgehead atoms. The second-order valence-electron chi connectivity index (χ2n) is 11.7. The Kier molecular flexibility index (Phi) is 7.04. The summed E-state index contributed by atoms with van der Waals surface area (Å²) in [4.78, 5) is 17.4. The predicted molar refractivity (Wildman–Crippen MR) is 159 cm³/mol. The van der Waals surface area contributed by atoms with Crippen LogP contribution in [0.25, 0.3) is 32.9 Å². The van der Waals surface area contributed by atoms with Gasteiger partial charge in [0.1, 0.15) is 41.4 Å². The zero-order chi connectivity index (χ0) is 30.6. The Morgan fingerprint density at radius 2 is 2.00 bits per heavy atom. The van der Waals surface area contributed by atoms with Crippen LogP contribution in [0.4, 0.5) is 23.4 Å². The first-order valence-electron chi connectivity index (χ1n) is 14.7. The van der Waals surface area contributed by atoms with Crippen LogP contribution in [0.3, 0.4) is 0 Å². The number of aromatic hydroxyl groups is 1. The van der Waals surface area contributed by atoms with Crippen LogP contribution < -0.4 is 9.64 Å². The van der Waals surface area contributed by atoms with Gasteiger partial charge in [-0.3, -0.25) is 9.88 Å². The van der Waals surface area contributed by atoms with E-state index in [1.807, 2.05) is 4.90 Å². The topological polar surface area (TPSA) is 74.6 Å². The van der Waals surface area contributed by atoms with Crippen molar-refractivity contribution in [1.29, 1.82) is 0 Å². The molecule has 0 saturated carbocycles. The lowest BCUT2D eigenvalue weighted by Gasteiger charge is -2.31. The highest BCUT2D eigenvalue weighted by Gasteiger charge is 2.49. The fourth-order valence-corrected chi connectivity index (χ4v) is 6.96. The second-order valence-corrected chi connectivity index (χ2v) is 11.7. The lowest BCUT2D eigenvalue weighted by Crippen LogP contribution is -2.43. The van der Waals surface area contributed by atoms with Gasteiger partial charge in [0.05, 0.1) is 22.3 Å². The molecule has 7 nitrogen and oxygen atoms in total. The lowest BCUT2D eigenvalue weighted by molar-refractivity contribution is 0.107. The number of hydrogen-bond donors (Lipinski definition) is 1. The van der Waals surface area contributed by atoms with Crippen LogP contribution in [-0.4, -0.2) is 69.5 Å². The van der Waals surface area contributed by atoms with Crippen molar-refractivity contribution in [3.63, 3.8) is 0 Å². The number of aromatic nitrogens is 3. The zero-order valence-electron chi connectivity index (χ0n) is 23.8. The van der Waals surface area contributed by atoms with Crippen molar-refractivity contribution in [2.24, 2.45) is 0 Å². The molecule has 2 fully saturated rings. The molecule has 0 amide bonds. The van der Waals surface area contributed by atoms with Gasteiger partial charge in [0.2, 0.25) is 0 Å². The summed E-state index contributed by atoms with van der Waals surface area (Å²) in [7, 11) is 0. The number of alkyl halides is 1. The number of hydrogen-bond acceptors (Lipinski definition) is 7. The van der Waals surface area contributed by atoms with Gasteiger partial charge in [-0.05, 0) is 49.4 Å². The van der Waals surface area contributed by atoms with E-state index in [0.717, 1.165) is 19.4 Å². The number of rotatable bonds is 5. The fraction of sp³-hybridized carbons (Fsp3) is 0.364. The van der Waals surface area contributed by atoms with Gasteiger partial charge >= 0.3 is 6.01 Å². The standard InChI is InChI=1S/C33H29F4N5O2/c1-2-23-26(36)7-6-19-13-22(43)14-24(27(19)23)29-28(37)30-25(16-38-29)31(41-10-3-5-20(34)8-12-41)40-32(39-30)44-18-33-9-4-11-42(33)17-21(35)15-33/h1,5-7,13-14,16,21,43H,3-4,8-12,15,17-18H2/t21-,33+/m1/s1. The Hall–Kier alpha value is -4.43. The van der Waals surface area contributed by atoms with Crippen LogP contribution in [0, 0.1) is 24.0 Å². The van der Waals surface area contributed by atoms with Crippen LogP contribution in [-0.2, 0) is 0 Å². The number of fused-ring (bicyclic) bond motifs is 3. The number of terminal acetylenes is 1. The van der Waals surface area contributed by atoms with E-state index in [9.17, 15) is 18.3 Å². The monoisotopic (exact) mass is 603 g/mol. The van der Waals surface area contributed by atoms with Gasteiger partial charge < -0.3 is 14.7 Å². The lowest BCUT2D eigenvalue weighted by atomic mass is 9.95. The Balaban J connectivity index is 1.38. The van der Waals surface area contributed by atoms with Gasteiger partial charge in [0.25, 0.3) is 0 Å². The highest BCUT2D eigenvalue weighted by Crippen LogP contribution is 2.42. The Bertz CT molecular complexity index is 1880. The predicted octanol–water partition coefficient (Wildman–Crippen LogP) is 6.22. The van der Waals surface area contributed by atoms with Crippen molar-refractivity contribution in [3.8, 4) is 35.4 Å². The van der Waals surface area contributed by atoms with E-state index in [-0.39, 0.29) is 63.7 Å². The number of nitrogens with zero attached hydrogens (tertiary/aromatic N) is 5. The Morgan fingerprint density at radius 1 is 1.14 bits per heavy atom. The quantitative estimate of drug-likeness (QED) is 0.215. The van der Waals surface area contributed by atoms with E-state index in [1.165, 1.54) is 36.5 Å². The van der Waals surface area contributed by atoms with Crippen molar-refractivity contribution in [2.75, 3.05) is 37.7 Å². The fourth-order valence-electron chi connectivity index (χ4n) is 6.96. The molecule has 2 saturated heterocycles. The molecular weight excluding hydrogens is 574 g/mol. The van der Waals surface area contributed by atoms with E-state index in [0.29, 0.717) is 43.7 Å². The molecule has 5 heterocycles. The summed E-state index contributed by atoms with van der Waals surface area (Å²) >= 11 is 0. The highest BCUT2D eigenvalue weighted by molar-refractivity contribution is 6.03. The first kappa shape index (κ1) is 28.3. The van der Waals surface area contributed by atoms with E-state index < -0.39 is 23.3 Å². The van der Waals surface area contributed by atoms with Gasteiger partial charge in [-0.1, -0.05) is 18.1 Å². The minimum absolute atomic E-state index is 0.0895. The van der Waals surface area contributed by atoms with Crippen LogP contribution in [0.2, 0.25) is 0 Å². The molecule has 11 heteroatoms. The molecule has 4 aromatic rings. The zero-order valence-corrected chi connectivity index (χ0v) is 23.8. The van der Waals surface area contributed by atoms with Crippen LogP contribution in [0.1, 0.15) is 37.7 Å². The molecule has 7 rings (SSSR count). The van der Waals surface area contributed by atoms with Crippen molar-refractivity contribution in [3.05, 3.63) is 59.6 Å². The molecule has 1 N–H and O–H groups in total. The normalized spacial score (nSPS) is 22.2. The molecule has 2 aromatic carbocycles. The summed E-state index contributed by atoms with van der Waals surface area (Å²) in [5, 5.41) is 11.4. The number of benzene rings is 2. The van der Waals surface area contributed by atoms with E-state index in [2.05, 4.69) is 25.8 Å². The molecule has 2 atom stereocenters. The van der Waals surface area contributed by atoms with E-state index in [1.54, 1.807) is 0 Å². The maximum atomic E-state index is 16.6. The summed E-state index contributed by atoms with van der Waals surface area (Å²) in [6.07, 6.45) is 10.2. The first-order valence-corrected chi connectivity index (χ1v) is 14.7. The molecule has 0 spiro atoms. The third-order valence-electron chi connectivity index (χ3n) is 9.01. The van der Waals surface area contributed by atoms with Crippen molar-refractivity contribution in [2.45, 2.75) is 43.8 Å². The van der Waals surface area contributed by atoms with Crippen molar-refractivity contribution < 1.29 is 27.4 Å². The number of anilines is 1. The van der Waals surface area contributed by atoms with Gasteiger partial charge in [-0.2, -0.15) is 9.97 Å². The van der Waals surface area contributed by atoms with Crippen LogP contribution in [0.5, 0.6) is 11.8 Å². The number of ether oxygens (including phenoxy) is 1. The van der Waals surface area contributed by atoms with Crippen LogP contribution >= 0.6 is 0 Å². The second kappa shape index (κ2) is 10.9. The minimum Gasteiger partial charge on any atom is -0.508 e. The average molecular weight is 604 g/mol. The number of halogens is 4. The van der Waals surface area contributed by atoms with Gasteiger partial charge in [0.15, 0.2) is 5.82 Å². The van der Waals surface area contributed by atoms with E-state index >= 15 is 4.39 Å². The molecular formula is C33H29F4N5O2. The molecule has 0 aliphatic carbocycles. The molecule has 44 heavy (non-hydrogen) atoms. The first-order chi connectivity index (χ1) is 21.3. The van der Waals surface area contributed by atoms with Crippen molar-refractivity contribution >= 4 is 27.5 Å². The maximum absolute atomic E-state index is 16.6. The molecule has 3 aliphatic rings. The van der Waals surface area contributed by atoms with Gasteiger partial charge in [0, 0.05) is 49.6 Å². The Morgan fingerprint density at radius 3 is 2.84 bits per heavy atom. The number of phenolic OH excluding ortho intramolecular Hbond substituents is 1. The summed E-state index contributed by atoms with van der Waals surface area (Å²) in [5.41, 5.74) is -0.787. The third-order valence-corrected chi connectivity index (χ3v) is 9.01. The van der Waals surface area contributed by atoms with Gasteiger partial charge in [-0.25, -0.2) is 17.6 Å². The SMILES string of the molecule is C#Cc1c(F)ccc2cc(O)cc(-c3ncc4c(N5CCC=C(F)CC5)nc(OC[C@@]56CCCN5C[C@H](F)C6)nc4c3F)c12. The maximum Gasteiger partial charge on any atom is 0.319 e. The average Bonchev–Trinajstić information content (AvgIpc) is 3.44. The largest absolute Gasteiger partial charge is 0.508 e. The summed E-state index contributed by atoms with van der Waals surface area (Å²) in [6.45, 7) is 1.98. The Labute approximate surface area is 251 Å². The molecule has 3 aliphatic heterocycles. The molecule has 0 radical (unpaired) electrons. The summed E-state index contributed by atoms with van der Waals surface area (Å²) in [5.74, 6) is 0.734. The summed E-state index contributed by atoms with van der Waals surface area (Å²) < 4.78 is 66.1. The van der Waals surface area contributed by atoms with Gasteiger partial charge in [-0.15, -0.1) is 6.42 Å².